The second-order valence-electron chi connectivity index (χ2n) is 3.94. The Morgan fingerprint density at radius 3 is 2.42 bits per heavy atom. The van der Waals surface area contributed by atoms with Crippen LogP contribution in [0.5, 0.6) is 0 Å². The quantitative estimate of drug-likeness (QED) is 0.506. The fraction of sp³-hybridized carbons (Fsp3) is 0.875. The van der Waals surface area contributed by atoms with E-state index in [9.17, 15) is 0 Å². The standard InChI is InChI=1S/C8H19NOSi2/c1-11(2)10-12(3,4)8-6-5-7-9/h11H,5-6,8H2,1-4H3. The molecule has 0 fully saturated rings. The van der Waals surface area contributed by atoms with Gasteiger partial charge in [-0.3, -0.25) is 0 Å². The first-order valence-electron chi connectivity index (χ1n) is 4.53. The van der Waals surface area contributed by atoms with Crippen LogP contribution in [0.25, 0.3) is 0 Å². The first kappa shape index (κ1) is 11.9. The van der Waals surface area contributed by atoms with Crippen molar-refractivity contribution in [3.05, 3.63) is 0 Å². The van der Waals surface area contributed by atoms with Gasteiger partial charge in [0.05, 0.1) is 6.07 Å². The predicted octanol–water partition coefficient (Wildman–Crippen LogP) is 2.50. The van der Waals surface area contributed by atoms with Crippen molar-refractivity contribution < 1.29 is 4.12 Å². The molecule has 0 rings (SSSR count). The zero-order chi connectivity index (χ0) is 9.61. The van der Waals surface area contributed by atoms with Gasteiger partial charge in [0.2, 0.25) is 0 Å². The van der Waals surface area contributed by atoms with E-state index >= 15 is 0 Å². The summed E-state index contributed by atoms with van der Waals surface area (Å²) < 4.78 is 5.95. The van der Waals surface area contributed by atoms with Crippen LogP contribution in [0.2, 0.25) is 32.2 Å². The maximum atomic E-state index is 8.38. The van der Waals surface area contributed by atoms with Crippen LogP contribution in [0.1, 0.15) is 12.8 Å². The van der Waals surface area contributed by atoms with Crippen LogP contribution < -0.4 is 0 Å². The summed E-state index contributed by atoms with van der Waals surface area (Å²) in [7, 11) is -2.26. The van der Waals surface area contributed by atoms with Crippen molar-refractivity contribution in [3.8, 4) is 6.07 Å². The molecule has 0 aliphatic heterocycles. The van der Waals surface area contributed by atoms with Gasteiger partial charge < -0.3 is 4.12 Å². The second-order valence-corrected chi connectivity index (χ2v) is 11.0. The first-order chi connectivity index (χ1) is 5.48. The van der Waals surface area contributed by atoms with Crippen LogP contribution in [0.3, 0.4) is 0 Å². The minimum Gasteiger partial charge on any atom is -0.458 e. The summed E-state index contributed by atoms with van der Waals surface area (Å²) in [6.07, 6.45) is 1.69. The molecule has 70 valence electrons. The zero-order valence-electron chi connectivity index (χ0n) is 8.55. The molecule has 0 radical (unpaired) electrons. The molecule has 0 heterocycles. The summed E-state index contributed by atoms with van der Waals surface area (Å²) in [5.41, 5.74) is 0. The van der Waals surface area contributed by atoms with Gasteiger partial charge in [0.1, 0.15) is 0 Å². The molecule has 12 heavy (non-hydrogen) atoms. The van der Waals surface area contributed by atoms with Gasteiger partial charge in [0.15, 0.2) is 17.4 Å². The lowest BCUT2D eigenvalue weighted by Crippen LogP contribution is -2.34. The summed E-state index contributed by atoms with van der Waals surface area (Å²) in [4.78, 5) is 0. The summed E-state index contributed by atoms with van der Waals surface area (Å²) in [5.74, 6) is 0. The van der Waals surface area contributed by atoms with Crippen molar-refractivity contribution in [1.29, 1.82) is 5.26 Å². The molecule has 0 unspecified atom stereocenters. The Bertz CT molecular complexity index is 163. The highest BCUT2D eigenvalue weighted by Crippen LogP contribution is 2.15. The van der Waals surface area contributed by atoms with Crippen molar-refractivity contribution in [1.82, 2.24) is 0 Å². The number of nitriles is 1. The Morgan fingerprint density at radius 1 is 1.42 bits per heavy atom. The van der Waals surface area contributed by atoms with Crippen LogP contribution in [0, 0.1) is 11.3 Å². The largest absolute Gasteiger partial charge is 0.458 e. The van der Waals surface area contributed by atoms with Crippen molar-refractivity contribution in [2.24, 2.45) is 0 Å². The smallest absolute Gasteiger partial charge is 0.173 e. The average molecular weight is 201 g/mol. The van der Waals surface area contributed by atoms with Crippen LogP contribution in [-0.4, -0.2) is 17.4 Å². The Kier molecular flexibility index (Phi) is 5.46. The first-order valence-corrected chi connectivity index (χ1v) is 10.4. The molecule has 0 aromatic heterocycles. The number of unbranched alkanes of at least 4 members (excludes halogenated alkanes) is 1. The van der Waals surface area contributed by atoms with Crippen molar-refractivity contribution in [2.75, 3.05) is 0 Å². The SMILES string of the molecule is C[SiH](C)O[Si](C)(C)CCCC#N. The van der Waals surface area contributed by atoms with E-state index in [2.05, 4.69) is 32.3 Å². The third-order valence-electron chi connectivity index (χ3n) is 1.62. The van der Waals surface area contributed by atoms with E-state index in [0.717, 1.165) is 12.5 Å². The minimum absolute atomic E-state index is 0.680. The second kappa shape index (κ2) is 5.52. The van der Waals surface area contributed by atoms with Crippen LogP contribution in [0.4, 0.5) is 0 Å². The summed E-state index contributed by atoms with van der Waals surface area (Å²) in [6, 6.07) is 3.30. The fourth-order valence-corrected chi connectivity index (χ4v) is 7.89. The fourth-order valence-electron chi connectivity index (χ4n) is 1.29. The Labute approximate surface area is 78.4 Å². The Hall–Kier alpha value is -0.116. The summed E-state index contributed by atoms with van der Waals surface area (Å²) in [6.45, 7) is 8.91. The molecule has 2 nitrogen and oxygen atoms in total. The van der Waals surface area contributed by atoms with E-state index in [1.807, 2.05) is 0 Å². The van der Waals surface area contributed by atoms with Crippen LogP contribution in [0.15, 0.2) is 0 Å². The molecular formula is C8H19NOSi2. The average Bonchev–Trinajstić information content (AvgIpc) is 1.84. The highest BCUT2D eigenvalue weighted by molar-refractivity contribution is 6.77. The van der Waals surface area contributed by atoms with E-state index in [4.69, 9.17) is 9.38 Å². The van der Waals surface area contributed by atoms with Gasteiger partial charge in [-0.25, -0.2) is 0 Å². The van der Waals surface area contributed by atoms with Crippen LogP contribution in [-0.2, 0) is 4.12 Å². The minimum atomic E-state index is -1.39. The van der Waals surface area contributed by atoms with E-state index in [0.29, 0.717) is 6.42 Å². The third kappa shape index (κ3) is 6.59. The molecule has 0 amide bonds. The van der Waals surface area contributed by atoms with Gasteiger partial charge in [0, 0.05) is 6.42 Å². The lowest BCUT2D eigenvalue weighted by molar-refractivity contribution is 0.566. The number of hydrogen-bond acceptors (Lipinski definition) is 2. The molecule has 0 aromatic carbocycles. The van der Waals surface area contributed by atoms with Crippen molar-refractivity contribution in [2.45, 2.75) is 45.1 Å². The van der Waals surface area contributed by atoms with E-state index in [1.165, 1.54) is 0 Å². The van der Waals surface area contributed by atoms with Gasteiger partial charge in [-0.2, -0.15) is 5.26 Å². The molecule has 0 N–H and O–H groups in total. The maximum absolute atomic E-state index is 8.38. The number of nitrogens with zero attached hydrogens (tertiary/aromatic N) is 1. The molecule has 0 aliphatic rings. The molecular weight excluding hydrogens is 182 g/mol. The summed E-state index contributed by atoms with van der Waals surface area (Å²) in [5, 5.41) is 8.38. The molecule has 0 bridgehead atoms. The zero-order valence-corrected chi connectivity index (χ0v) is 10.7. The molecule has 0 atom stereocenters. The highest BCUT2D eigenvalue weighted by Gasteiger charge is 2.22. The molecule has 0 saturated heterocycles. The molecule has 4 heteroatoms. The molecule has 0 saturated carbocycles. The Morgan fingerprint density at radius 2 is 2.00 bits per heavy atom. The lowest BCUT2D eigenvalue weighted by atomic mass is 10.4. The van der Waals surface area contributed by atoms with Crippen LogP contribution >= 0.6 is 0 Å². The monoisotopic (exact) mass is 201 g/mol. The molecule has 0 spiro atoms. The lowest BCUT2D eigenvalue weighted by Gasteiger charge is -2.25. The van der Waals surface area contributed by atoms with Gasteiger partial charge in [0.25, 0.3) is 0 Å². The highest BCUT2D eigenvalue weighted by atomic mass is 28.4. The third-order valence-corrected chi connectivity index (χ3v) is 7.62. The Balaban J connectivity index is 3.65. The number of hydrogen-bond donors (Lipinski definition) is 0. The van der Waals surface area contributed by atoms with Crippen molar-refractivity contribution in [3.63, 3.8) is 0 Å². The number of rotatable bonds is 5. The van der Waals surface area contributed by atoms with E-state index < -0.39 is 17.4 Å². The predicted molar refractivity (Wildman–Crippen MR) is 57.1 cm³/mol. The molecule has 0 aliphatic carbocycles. The maximum Gasteiger partial charge on any atom is 0.173 e. The van der Waals surface area contributed by atoms with Gasteiger partial charge in [-0.1, -0.05) is 0 Å². The van der Waals surface area contributed by atoms with Crippen molar-refractivity contribution >= 4 is 17.4 Å². The summed E-state index contributed by atoms with van der Waals surface area (Å²) >= 11 is 0. The molecule has 0 aromatic rings. The normalized spacial score (nSPS) is 11.7. The topological polar surface area (TPSA) is 33.0 Å². The van der Waals surface area contributed by atoms with Gasteiger partial charge in [-0.05, 0) is 38.7 Å². The van der Waals surface area contributed by atoms with E-state index in [-0.39, 0.29) is 0 Å². The van der Waals surface area contributed by atoms with Gasteiger partial charge >= 0.3 is 0 Å². The van der Waals surface area contributed by atoms with Gasteiger partial charge in [-0.15, -0.1) is 0 Å². The van der Waals surface area contributed by atoms with E-state index in [1.54, 1.807) is 0 Å².